The number of benzene rings is 2. The average molecular weight is 426 g/mol. The lowest BCUT2D eigenvalue weighted by molar-refractivity contribution is 0.261. The number of rotatable bonds is 6. The third kappa shape index (κ3) is 5.04. The van der Waals surface area contributed by atoms with Gasteiger partial charge in [-0.2, -0.15) is 4.37 Å². The molecule has 3 aromatic rings. The molecule has 2 aromatic carbocycles. The van der Waals surface area contributed by atoms with E-state index in [9.17, 15) is 0 Å². The van der Waals surface area contributed by atoms with Crippen LogP contribution in [0.2, 0.25) is 0 Å². The van der Waals surface area contributed by atoms with Crippen molar-refractivity contribution in [1.82, 2.24) is 14.6 Å². The van der Waals surface area contributed by atoms with Crippen LogP contribution in [0.3, 0.4) is 0 Å². The Balaban J connectivity index is 1.29. The van der Waals surface area contributed by atoms with Crippen molar-refractivity contribution in [3.05, 3.63) is 54.1 Å². The fraction of sp³-hybridized carbons (Fsp3) is 0.364. The number of fused-ring (bicyclic) bond motifs is 1. The minimum absolute atomic E-state index is 0.676. The summed E-state index contributed by atoms with van der Waals surface area (Å²) in [4.78, 5) is 4.98. The van der Waals surface area contributed by atoms with Crippen LogP contribution in [-0.2, 0) is 6.42 Å². The lowest BCUT2D eigenvalue weighted by atomic mass is 10.1. The Bertz CT molecular complexity index is 963. The molecule has 0 radical (unpaired) electrons. The van der Waals surface area contributed by atoms with E-state index in [0.717, 1.165) is 57.2 Å². The van der Waals surface area contributed by atoms with Gasteiger partial charge in [-0.05, 0) is 66.9 Å². The molecule has 0 unspecified atom stereocenters. The van der Waals surface area contributed by atoms with Crippen molar-refractivity contribution < 1.29 is 0 Å². The van der Waals surface area contributed by atoms with E-state index in [1.807, 2.05) is 6.92 Å². The number of nitrogens with zero attached hydrogens (tertiary/aromatic N) is 3. The van der Waals surface area contributed by atoms with Crippen molar-refractivity contribution in [1.29, 1.82) is 0 Å². The highest BCUT2D eigenvalue weighted by Gasteiger charge is 2.20. The van der Waals surface area contributed by atoms with E-state index in [1.165, 1.54) is 15.6 Å². The summed E-state index contributed by atoms with van der Waals surface area (Å²) in [5, 5.41) is 8.34. The second-order valence-corrected chi connectivity index (χ2v) is 8.48. The van der Waals surface area contributed by atoms with Gasteiger partial charge in [-0.3, -0.25) is 4.90 Å². The van der Waals surface area contributed by atoms with Crippen LogP contribution in [-0.4, -0.2) is 53.7 Å². The standard InChI is InChI=1S/C22H27N5S2/c1-2-23-22(28)24-18-7-5-6-17(16-18)10-11-26-12-14-27(15-13-26)21-19-8-3-4-9-20(19)29-25-21/h3-9,16H,2,10-15H2,1H3,(H2,23,24,28). The first kappa shape index (κ1) is 20.1. The molecule has 2 heterocycles. The third-order valence-corrected chi connectivity index (χ3v) is 6.33. The second-order valence-electron chi connectivity index (χ2n) is 7.27. The minimum atomic E-state index is 0.676. The van der Waals surface area contributed by atoms with Gasteiger partial charge in [0.15, 0.2) is 5.11 Å². The SMILES string of the molecule is CCNC(=S)Nc1cccc(CCN2CCN(c3nsc4ccccc34)CC2)c1. The van der Waals surface area contributed by atoms with Crippen molar-refractivity contribution >= 4 is 50.5 Å². The summed E-state index contributed by atoms with van der Waals surface area (Å²) in [6.07, 6.45) is 1.04. The van der Waals surface area contributed by atoms with Gasteiger partial charge in [0.2, 0.25) is 0 Å². The second kappa shape index (κ2) is 9.52. The van der Waals surface area contributed by atoms with Gasteiger partial charge in [0.1, 0.15) is 5.82 Å². The third-order valence-electron chi connectivity index (χ3n) is 5.27. The zero-order valence-electron chi connectivity index (χ0n) is 16.7. The average Bonchev–Trinajstić information content (AvgIpc) is 3.17. The van der Waals surface area contributed by atoms with Crippen LogP contribution in [0.5, 0.6) is 0 Å². The number of anilines is 2. The Labute approximate surface area is 181 Å². The first-order chi connectivity index (χ1) is 14.2. The van der Waals surface area contributed by atoms with E-state index in [1.54, 1.807) is 11.5 Å². The van der Waals surface area contributed by atoms with Gasteiger partial charge in [0.05, 0.1) is 4.70 Å². The van der Waals surface area contributed by atoms with Crippen LogP contribution < -0.4 is 15.5 Å². The number of hydrogen-bond donors (Lipinski definition) is 2. The molecule has 0 aliphatic carbocycles. The monoisotopic (exact) mass is 425 g/mol. The largest absolute Gasteiger partial charge is 0.363 e. The molecule has 1 aliphatic heterocycles. The van der Waals surface area contributed by atoms with Gasteiger partial charge in [-0.15, -0.1) is 0 Å². The first-order valence-corrected chi connectivity index (χ1v) is 11.4. The van der Waals surface area contributed by atoms with Gasteiger partial charge < -0.3 is 15.5 Å². The molecule has 0 amide bonds. The molecule has 7 heteroatoms. The molecular formula is C22H27N5S2. The number of hydrogen-bond acceptors (Lipinski definition) is 5. The molecule has 1 aliphatic rings. The van der Waals surface area contributed by atoms with Crippen LogP contribution in [0, 0.1) is 0 Å². The summed E-state index contributed by atoms with van der Waals surface area (Å²) < 4.78 is 5.98. The minimum Gasteiger partial charge on any atom is -0.363 e. The number of aromatic nitrogens is 1. The fourth-order valence-electron chi connectivity index (χ4n) is 3.71. The van der Waals surface area contributed by atoms with E-state index in [-0.39, 0.29) is 0 Å². The van der Waals surface area contributed by atoms with Crippen molar-refractivity contribution in [2.75, 3.05) is 49.5 Å². The molecule has 29 heavy (non-hydrogen) atoms. The highest BCUT2D eigenvalue weighted by Crippen LogP contribution is 2.29. The topological polar surface area (TPSA) is 43.4 Å². The fourth-order valence-corrected chi connectivity index (χ4v) is 4.77. The molecule has 1 saturated heterocycles. The van der Waals surface area contributed by atoms with Crippen molar-refractivity contribution in [3.8, 4) is 0 Å². The summed E-state index contributed by atoms with van der Waals surface area (Å²) in [7, 11) is 0. The van der Waals surface area contributed by atoms with Crippen molar-refractivity contribution in [3.63, 3.8) is 0 Å². The molecule has 1 aromatic heterocycles. The Morgan fingerprint density at radius 3 is 2.76 bits per heavy atom. The zero-order chi connectivity index (χ0) is 20.1. The summed E-state index contributed by atoms with van der Waals surface area (Å²) in [5.74, 6) is 1.15. The summed E-state index contributed by atoms with van der Waals surface area (Å²) in [6.45, 7) is 8.17. The van der Waals surface area contributed by atoms with E-state index >= 15 is 0 Å². The van der Waals surface area contributed by atoms with Gasteiger partial charge in [-0.1, -0.05) is 24.3 Å². The van der Waals surface area contributed by atoms with Crippen LogP contribution in [0.4, 0.5) is 11.5 Å². The normalized spacial score (nSPS) is 14.9. The van der Waals surface area contributed by atoms with E-state index < -0.39 is 0 Å². The van der Waals surface area contributed by atoms with E-state index in [2.05, 4.69) is 69.0 Å². The molecule has 0 saturated carbocycles. The van der Waals surface area contributed by atoms with E-state index in [0.29, 0.717) is 5.11 Å². The molecule has 152 valence electrons. The molecule has 4 rings (SSSR count). The highest BCUT2D eigenvalue weighted by molar-refractivity contribution is 7.80. The van der Waals surface area contributed by atoms with Crippen LogP contribution in [0.15, 0.2) is 48.5 Å². The smallest absolute Gasteiger partial charge is 0.170 e. The summed E-state index contributed by atoms with van der Waals surface area (Å²) in [6, 6.07) is 17.1. The maximum absolute atomic E-state index is 5.28. The molecule has 5 nitrogen and oxygen atoms in total. The van der Waals surface area contributed by atoms with Gasteiger partial charge in [0, 0.05) is 50.3 Å². The number of thiocarbonyl (C=S) groups is 1. The van der Waals surface area contributed by atoms with Crippen LogP contribution in [0.25, 0.3) is 10.1 Å². The molecule has 0 spiro atoms. The van der Waals surface area contributed by atoms with Crippen molar-refractivity contribution in [2.45, 2.75) is 13.3 Å². The molecule has 0 atom stereocenters. The maximum Gasteiger partial charge on any atom is 0.170 e. The zero-order valence-corrected chi connectivity index (χ0v) is 18.4. The van der Waals surface area contributed by atoms with Crippen molar-refractivity contribution in [2.24, 2.45) is 0 Å². The quantitative estimate of drug-likeness (QED) is 0.583. The summed E-state index contributed by atoms with van der Waals surface area (Å²) in [5.41, 5.74) is 2.39. The predicted octanol–water partition coefficient (Wildman–Crippen LogP) is 3.97. The Morgan fingerprint density at radius 2 is 1.93 bits per heavy atom. The Hall–Kier alpha value is -2.22. The summed E-state index contributed by atoms with van der Waals surface area (Å²) >= 11 is 6.88. The van der Waals surface area contributed by atoms with Crippen LogP contribution >= 0.6 is 23.8 Å². The van der Waals surface area contributed by atoms with E-state index in [4.69, 9.17) is 16.6 Å². The Kier molecular flexibility index (Phi) is 6.59. The molecular weight excluding hydrogens is 398 g/mol. The maximum atomic E-state index is 5.28. The molecule has 1 fully saturated rings. The number of nitrogens with one attached hydrogen (secondary N) is 2. The molecule has 0 bridgehead atoms. The van der Waals surface area contributed by atoms with Gasteiger partial charge in [-0.25, -0.2) is 0 Å². The molecule has 2 N–H and O–H groups in total. The first-order valence-electron chi connectivity index (χ1n) is 10.2. The lowest BCUT2D eigenvalue weighted by Crippen LogP contribution is -2.47. The highest BCUT2D eigenvalue weighted by atomic mass is 32.1. The lowest BCUT2D eigenvalue weighted by Gasteiger charge is -2.35. The number of piperazine rings is 1. The Morgan fingerprint density at radius 1 is 1.10 bits per heavy atom. The van der Waals surface area contributed by atoms with Crippen LogP contribution in [0.1, 0.15) is 12.5 Å². The predicted molar refractivity (Wildman–Crippen MR) is 128 cm³/mol. The van der Waals surface area contributed by atoms with Gasteiger partial charge >= 0.3 is 0 Å². The van der Waals surface area contributed by atoms with Gasteiger partial charge in [0.25, 0.3) is 0 Å².